The standard InChI is InChI=1S/C17H30N2O2/c1-4-13(5-2)19-15(20)11-14(16(19)21)18-12-17(3)9-7-6-8-10-17/h13-14,18H,4-12H2,1-3H3. The molecule has 0 aromatic rings. The van der Waals surface area contributed by atoms with E-state index >= 15 is 0 Å². The molecule has 0 radical (unpaired) electrons. The van der Waals surface area contributed by atoms with Crippen molar-refractivity contribution in [3.8, 4) is 0 Å². The van der Waals surface area contributed by atoms with Crippen LogP contribution in [0.1, 0.15) is 72.1 Å². The lowest BCUT2D eigenvalue weighted by molar-refractivity contribution is -0.141. The highest BCUT2D eigenvalue weighted by atomic mass is 16.2. The highest BCUT2D eigenvalue weighted by molar-refractivity contribution is 6.05. The van der Waals surface area contributed by atoms with Gasteiger partial charge in [0, 0.05) is 12.6 Å². The average Bonchev–Trinajstić information content (AvgIpc) is 2.75. The van der Waals surface area contributed by atoms with Crippen LogP contribution in [0.5, 0.6) is 0 Å². The molecule has 2 fully saturated rings. The van der Waals surface area contributed by atoms with Crippen molar-refractivity contribution in [2.75, 3.05) is 6.54 Å². The number of hydrogen-bond acceptors (Lipinski definition) is 3. The summed E-state index contributed by atoms with van der Waals surface area (Å²) in [6, 6.07) is -0.223. The molecule has 2 rings (SSSR count). The molecule has 0 bridgehead atoms. The van der Waals surface area contributed by atoms with Crippen LogP contribution >= 0.6 is 0 Å². The quantitative estimate of drug-likeness (QED) is 0.766. The molecule has 2 amide bonds. The van der Waals surface area contributed by atoms with Crippen molar-refractivity contribution >= 4 is 11.8 Å². The fourth-order valence-corrected chi connectivity index (χ4v) is 3.80. The predicted octanol–water partition coefficient (Wildman–Crippen LogP) is 2.86. The average molecular weight is 294 g/mol. The van der Waals surface area contributed by atoms with Crippen molar-refractivity contribution in [1.82, 2.24) is 10.2 Å². The van der Waals surface area contributed by atoms with Crippen molar-refractivity contribution in [2.45, 2.75) is 84.2 Å². The van der Waals surface area contributed by atoms with Gasteiger partial charge in [0.05, 0.1) is 12.5 Å². The van der Waals surface area contributed by atoms with Crippen molar-refractivity contribution < 1.29 is 9.59 Å². The third kappa shape index (κ3) is 3.65. The van der Waals surface area contributed by atoms with Gasteiger partial charge in [0.2, 0.25) is 11.8 Å². The molecule has 1 aliphatic carbocycles. The topological polar surface area (TPSA) is 49.4 Å². The van der Waals surface area contributed by atoms with E-state index in [2.05, 4.69) is 12.2 Å². The Morgan fingerprint density at radius 3 is 2.38 bits per heavy atom. The van der Waals surface area contributed by atoms with Gasteiger partial charge in [-0.25, -0.2) is 0 Å². The van der Waals surface area contributed by atoms with Crippen molar-refractivity contribution in [2.24, 2.45) is 5.41 Å². The van der Waals surface area contributed by atoms with Crippen LogP contribution in [-0.2, 0) is 9.59 Å². The highest BCUT2D eigenvalue weighted by Crippen LogP contribution is 2.35. The number of nitrogens with zero attached hydrogens (tertiary/aromatic N) is 1. The van der Waals surface area contributed by atoms with Crippen LogP contribution in [0.2, 0.25) is 0 Å². The number of amides is 2. The lowest BCUT2D eigenvalue weighted by Crippen LogP contribution is -2.46. The summed E-state index contributed by atoms with van der Waals surface area (Å²) in [6.07, 6.45) is 8.39. The largest absolute Gasteiger partial charge is 0.305 e. The minimum atomic E-state index is -0.295. The minimum absolute atomic E-state index is 0.00000257. The smallest absolute Gasteiger partial charge is 0.247 e. The van der Waals surface area contributed by atoms with Gasteiger partial charge in [-0.1, -0.05) is 40.0 Å². The monoisotopic (exact) mass is 294 g/mol. The zero-order valence-corrected chi connectivity index (χ0v) is 13.8. The molecule has 4 nitrogen and oxygen atoms in total. The molecule has 21 heavy (non-hydrogen) atoms. The van der Waals surface area contributed by atoms with Gasteiger partial charge < -0.3 is 5.32 Å². The molecule has 0 spiro atoms. The first-order chi connectivity index (χ1) is 10.0. The van der Waals surface area contributed by atoms with E-state index < -0.39 is 0 Å². The molecular formula is C17H30N2O2. The van der Waals surface area contributed by atoms with E-state index in [1.807, 2.05) is 13.8 Å². The number of carbonyl (C=O) groups excluding carboxylic acids is 2. The van der Waals surface area contributed by atoms with Crippen LogP contribution in [0.15, 0.2) is 0 Å². The Bertz CT molecular complexity index is 384. The fraction of sp³-hybridized carbons (Fsp3) is 0.882. The molecule has 1 saturated carbocycles. The Kier molecular flexibility index (Phi) is 5.42. The van der Waals surface area contributed by atoms with Crippen LogP contribution in [0.4, 0.5) is 0 Å². The summed E-state index contributed by atoms with van der Waals surface area (Å²) in [5.41, 5.74) is 0.296. The normalized spacial score (nSPS) is 25.9. The van der Waals surface area contributed by atoms with Crippen LogP contribution < -0.4 is 5.32 Å². The molecule has 1 aliphatic heterocycles. The van der Waals surface area contributed by atoms with E-state index in [-0.39, 0.29) is 23.9 Å². The maximum atomic E-state index is 12.5. The van der Waals surface area contributed by atoms with Gasteiger partial charge >= 0.3 is 0 Å². The third-order valence-corrected chi connectivity index (χ3v) is 5.33. The van der Waals surface area contributed by atoms with Crippen LogP contribution in [0.3, 0.4) is 0 Å². The Morgan fingerprint density at radius 2 is 1.81 bits per heavy atom. The third-order valence-electron chi connectivity index (χ3n) is 5.33. The van der Waals surface area contributed by atoms with E-state index in [9.17, 15) is 9.59 Å². The minimum Gasteiger partial charge on any atom is -0.305 e. The summed E-state index contributed by atoms with van der Waals surface area (Å²) < 4.78 is 0. The summed E-state index contributed by atoms with van der Waals surface area (Å²) in [5.74, 6) is -0.00638. The van der Waals surface area contributed by atoms with Gasteiger partial charge in [-0.2, -0.15) is 0 Å². The Labute approximate surface area is 128 Å². The van der Waals surface area contributed by atoms with Crippen LogP contribution in [0.25, 0.3) is 0 Å². The molecule has 120 valence electrons. The maximum absolute atomic E-state index is 12.5. The lowest BCUT2D eigenvalue weighted by atomic mass is 9.75. The van der Waals surface area contributed by atoms with E-state index in [1.54, 1.807) is 0 Å². The summed E-state index contributed by atoms with van der Waals surface area (Å²) in [5, 5.41) is 3.39. The lowest BCUT2D eigenvalue weighted by Gasteiger charge is -2.34. The Morgan fingerprint density at radius 1 is 1.19 bits per heavy atom. The summed E-state index contributed by atoms with van der Waals surface area (Å²) in [7, 11) is 0. The molecule has 4 heteroatoms. The van der Waals surface area contributed by atoms with Crippen molar-refractivity contribution in [1.29, 1.82) is 0 Å². The second kappa shape index (κ2) is 6.91. The van der Waals surface area contributed by atoms with Gasteiger partial charge in [0.15, 0.2) is 0 Å². The number of likely N-dealkylation sites (tertiary alicyclic amines) is 1. The number of carbonyl (C=O) groups is 2. The maximum Gasteiger partial charge on any atom is 0.247 e. The first-order valence-electron chi connectivity index (χ1n) is 8.60. The summed E-state index contributed by atoms with van der Waals surface area (Å²) in [6.45, 7) is 7.24. The molecule has 2 aliphatic rings. The van der Waals surface area contributed by atoms with Gasteiger partial charge in [-0.3, -0.25) is 14.5 Å². The van der Waals surface area contributed by atoms with Gasteiger partial charge in [0.25, 0.3) is 0 Å². The summed E-state index contributed by atoms with van der Waals surface area (Å²) in [4.78, 5) is 26.2. The second-order valence-electron chi connectivity index (χ2n) is 7.08. The molecule has 0 aromatic heterocycles. The molecule has 1 N–H and O–H groups in total. The second-order valence-corrected chi connectivity index (χ2v) is 7.08. The zero-order chi connectivity index (χ0) is 15.5. The van der Waals surface area contributed by atoms with Gasteiger partial charge in [-0.15, -0.1) is 0 Å². The molecule has 1 unspecified atom stereocenters. The molecule has 1 heterocycles. The first-order valence-corrected chi connectivity index (χ1v) is 8.60. The number of hydrogen-bond donors (Lipinski definition) is 1. The summed E-state index contributed by atoms with van der Waals surface area (Å²) >= 11 is 0. The molecule has 0 aromatic carbocycles. The van der Waals surface area contributed by atoms with E-state index in [4.69, 9.17) is 0 Å². The van der Waals surface area contributed by atoms with E-state index in [0.717, 1.165) is 19.4 Å². The fourth-order valence-electron chi connectivity index (χ4n) is 3.80. The number of imide groups is 1. The highest BCUT2D eigenvalue weighted by Gasteiger charge is 2.42. The van der Waals surface area contributed by atoms with Gasteiger partial charge in [0.1, 0.15) is 0 Å². The molecular weight excluding hydrogens is 264 g/mol. The van der Waals surface area contributed by atoms with Crippen LogP contribution in [0, 0.1) is 5.41 Å². The first kappa shape index (κ1) is 16.5. The van der Waals surface area contributed by atoms with E-state index in [1.165, 1.54) is 37.0 Å². The van der Waals surface area contributed by atoms with Crippen molar-refractivity contribution in [3.63, 3.8) is 0 Å². The van der Waals surface area contributed by atoms with Gasteiger partial charge in [-0.05, 0) is 31.1 Å². The van der Waals surface area contributed by atoms with Crippen LogP contribution in [-0.4, -0.2) is 35.3 Å². The molecule has 1 saturated heterocycles. The van der Waals surface area contributed by atoms with Crippen molar-refractivity contribution in [3.05, 3.63) is 0 Å². The molecule has 1 atom stereocenters. The number of rotatable bonds is 6. The Hall–Kier alpha value is -0.900. The SMILES string of the molecule is CCC(CC)N1C(=O)CC(NCC2(C)CCCCC2)C1=O. The number of nitrogens with one attached hydrogen (secondary N) is 1. The predicted molar refractivity (Wildman–Crippen MR) is 83.8 cm³/mol. The zero-order valence-electron chi connectivity index (χ0n) is 13.8. The van der Waals surface area contributed by atoms with E-state index in [0.29, 0.717) is 11.8 Å². The Balaban J connectivity index is 1.93.